The summed E-state index contributed by atoms with van der Waals surface area (Å²) in [6, 6.07) is 7.75. The molecular weight excluding hydrogens is 475 g/mol. The molecule has 0 amide bonds. The summed E-state index contributed by atoms with van der Waals surface area (Å²) in [5.41, 5.74) is 4.97. The number of hydrogen-bond acceptors (Lipinski definition) is 2. The van der Waals surface area contributed by atoms with Crippen LogP contribution in [0.25, 0.3) is 11.1 Å². The molecule has 0 fully saturated rings. The zero-order valence-electron chi connectivity index (χ0n) is 18.0. The predicted molar refractivity (Wildman–Crippen MR) is 114 cm³/mol. The molecule has 2 aliphatic rings. The van der Waals surface area contributed by atoms with Gasteiger partial charge in [-0.15, -0.1) is 12.2 Å². The summed E-state index contributed by atoms with van der Waals surface area (Å²) in [5.74, 6) is 2.69. The number of furan rings is 2. The Morgan fingerprint density at radius 3 is 1.38 bits per heavy atom. The van der Waals surface area contributed by atoms with Gasteiger partial charge in [0, 0.05) is 11.5 Å². The van der Waals surface area contributed by atoms with Gasteiger partial charge in [0.25, 0.3) is 0 Å². The van der Waals surface area contributed by atoms with E-state index in [0.717, 1.165) is 22.7 Å². The van der Waals surface area contributed by atoms with E-state index >= 15 is 0 Å². The quantitative estimate of drug-likeness (QED) is 0.459. The van der Waals surface area contributed by atoms with Crippen LogP contribution < -0.4 is 12.4 Å². The van der Waals surface area contributed by atoms with E-state index in [4.69, 9.17) is 8.83 Å². The van der Waals surface area contributed by atoms with Crippen LogP contribution in [0, 0.1) is 24.0 Å². The molecule has 0 aromatic carbocycles. The molecule has 0 N–H and O–H groups in total. The molecule has 2 aromatic heterocycles. The molecule has 0 saturated heterocycles. The van der Waals surface area contributed by atoms with Gasteiger partial charge < -0.3 is 21.2 Å². The molecule has 2 heterocycles. The molecule has 0 bridgehead atoms. The third-order valence-corrected chi connectivity index (χ3v) is 4.07. The van der Waals surface area contributed by atoms with Crippen LogP contribution in [0.3, 0.4) is 0 Å². The standard InChI is InChI=1S/2C11H11O.C2H6Si.ClH.Zr/c2*1-8-6-9(2)10(7-8)11-4-3-5-12-11;1-3-2;;/h2*3-6,8H,1-2H3;1-2H3;1H;/q2*-1;;;+2/p-1. The maximum Gasteiger partial charge on any atom is -1.00 e. The fourth-order valence-electron chi connectivity index (χ4n) is 3.06. The van der Waals surface area contributed by atoms with Crippen LogP contribution in [0.1, 0.15) is 39.2 Å². The molecule has 2 unspecified atom stereocenters. The van der Waals surface area contributed by atoms with Crippen molar-refractivity contribution in [3.05, 3.63) is 83.8 Å². The molecule has 2 aliphatic carbocycles. The first-order valence-corrected chi connectivity index (χ1v) is 15.7. The zero-order valence-corrected chi connectivity index (χ0v) is 22.2. The number of halogens is 1. The van der Waals surface area contributed by atoms with Crippen LogP contribution in [-0.4, -0.2) is 5.43 Å². The van der Waals surface area contributed by atoms with Crippen LogP contribution in [-0.2, 0) is 23.3 Å². The van der Waals surface area contributed by atoms with Gasteiger partial charge in [0.1, 0.15) is 0 Å². The predicted octanol–water partition coefficient (Wildman–Crippen LogP) is 3.91. The molecule has 29 heavy (non-hydrogen) atoms. The van der Waals surface area contributed by atoms with Crippen LogP contribution in [0.5, 0.6) is 0 Å². The normalized spacial score (nSPS) is 19.4. The Bertz CT molecular complexity index is 829. The second-order valence-corrected chi connectivity index (χ2v) is 16.6. The molecule has 2 nitrogen and oxygen atoms in total. The van der Waals surface area contributed by atoms with Crippen molar-refractivity contribution in [2.24, 2.45) is 11.8 Å². The van der Waals surface area contributed by atoms with Crippen LogP contribution in [0.4, 0.5) is 0 Å². The number of rotatable bonds is 2. The molecule has 2 atom stereocenters. The molecule has 0 radical (unpaired) electrons. The van der Waals surface area contributed by atoms with Gasteiger partial charge in [-0.25, -0.2) is 0 Å². The van der Waals surface area contributed by atoms with E-state index in [1.807, 2.05) is 24.3 Å². The summed E-state index contributed by atoms with van der Waals surface area (Å²) in [6.45, 7) is 13.0. The summed E-state index contributed by atoms with van der Waals surface area (Å²) in [5, 5.41) is 0. The van der Waals surface area contributed by atoms with E-state index in [-0.39, 0.29) is 17.8 Å². The summed E-state index contributed by atoms with van der Waals surface area (Å²) < 4.78 is 10.6. The molecule has 0 saturated carbocycles. The van der Waals surface area contributed by atoms with Gasteiger partial charge in [-0.3, -0.25) is 0 Å². The van der Waals surface area contributed by atoms with E-state index in [2.05, 4.69) is 65.1 Å². The van der Waals surface area contributed by atoms with Gasteiger partial charge in [-0.1, -0.05) is 51.7 Å². The van der Waals surface area contributed by atoms with E-state index < -0.39 is 0 Å². The zero-order chi connectivity index (χ0) is 20.7. The topological polar surface area (TPSA) is 26.3 Å². The smallest absolute Gasteiger partial charge is 1.00 e. The van der Waals surface area contributed by atoms with Crippen molar-refractivity contribution in [1.29, 1.82) is 0 Å². The third-order valence-electron chi connectivity index (χ3n) is 4.07. The molecule has 4 rings (SSSR count). The Hall–Kier alpha value is -1.09. The molecule has 152 valence electrons. The molecule has 5 heteroatoms. The van der Waals surface area contributed by atoms with Crippen molar-refractivity contribution in [3.8, 4) is 0 Å². The van der Waals surface area contributed by atoms with Crippen molar-refractivity contribution in [2.75, 3.05) is 0 Å². The molecule has 0 aliphatic heterocycles. The molecule has 0 spiro atoms. The van der Waals surface area contributed by atoms with Crippen LogP contribution in [0.2, 0.25) is 13.1 Å². The van der Waals surface area contributed by atoms with Crippen molar-refractivity contribution < 1.29 is 44.6 Å². The van der Waals surface area contributed by atoms with E-state index in [0.29, 0.717) is 11.8 Å². The average molecular weight is 503 g/mol. The van der Waals surface area contributed by atoms with Crippen molar-refractivity contribution in [2.45, 2.75) is 40.8 Å². The maximum absolute atomic E-state index is 5.30. The van der Waals surface area contributed by atoms with Gasteiger partial charge in [0.2, 0.25) is 0 Å². The summed E-state index contributed by atoms with van der Waals surface area (Å²) >= 11 is 1.74. The Balaban J connectivity index is 0.000000239. The van der Waals surface area contributed by atoms with E-state index in [1.165, 1.54) is 11.1 Å². The van der Waals surface area contributed by atoms with Crippen LogP contribution >= 0.6 is 0 Å². The Labute approximate surface area is 196 Å². The van der Waals surface area contributed by atoms with Gasteiger partial charge in [0.15, 0.2) is 0 Å². The summed E-state index contributed by atoms with van der Waals surface area (Å²) in [6.07, 6.45) is 14.4. The molecule has 2 aromatic rings. The second kappa shape index (κ2) is 12.6. The number of hydrogen-bond donors (Lipinski definition) is 0. The minimum absolute atomic E-state index is 0. The van der Waals surface area contributed by atoms with Gasteiger partial charge in [-0.2, -0.15) is 34.4 Å². The second-order valence-electron chi connectivity index (χ2n) is 7.27. The van der Waals surface area contributed by atoms with Crippen molar-refractivity contribution >= 4 is 16.6 Å². The van der Waals surface area contributed by atoms with Crippen LogP contribution in [0.15, 0.2) is 68.9 Å². The Kier molecular flexibility index (Phi) is 11.2. The summed E-state index contributed by atoms with van der Waals surface area (Å²) in [7, 11) is 0. The van der Waals surface area contributed by atoms with Gasteiger partial charge >= 0.3 is 41.9 Å². The average Bonchev–Trinajstić information content (AvgIpc) is 3.36. The van der Waals surface area contributed by atoms with E-state index in [1.54, 1.807) is 35.9 Å². The SMILES string of the molecule is CC1=CC(C)[C-]=C1c1ccco1.CC1=CC(C)[C-]=C1c1ccco1.C[Si](C)=[Zr+2].[Cl-]. The fraction of sp³-hybridized carbons (Fsp3) is 0.333. The monoisotopic (exact) mass is 501 g/mol. The van der Waals surface area contributed by atoms with Crippen molar-refractivity contribution in [3.63, 3.8) is 0 Å². The minimum atomic E-state index is 0. The fourth-order valence-corrected chi connectivity index (χ4v) is 3.06. The van der Waals surface area contributed by atoms with Crippen molar-refractivity contribution in [1.82, 2.24) is 0 Å². The Morgan fingerprint density at radius 1 is 0.828 bits per heavy atom. The first-order chi connectivity index (χ1) is 13.3. The van der Waals surface area contributed by atoms with Gasteiger partial charge in [0.05, 0.1) is 12.5 Å². The Morgan fingerprint density at radius 2 is 1.17 bits per heavy atom. The maximum atomic E-state index is 5.30. The van der Waals surface area contributed by atoms with Gasteiger partial charge in [-0.05, 0) is 12.1 Å². The first kappa shape index (κ1) is 25.9. The first-order valence-electron chi connectivity index (χ1n) is 9.52. The minimum Gasteiger partial charge on any atom is -1.00 e. The summed E-state index contributed by atoms with van der Waals surface area (Å²) in [4.78, 5) is 0. The largest absolute Gasteiger partial charge is 1.00 e. The number of allylic oxidation sites excluding steroid dienone is 8. The molecular formula is C24H28ClO2SiZr-. The van der Waals surface area contributed by atoms with E-state index in [9.17, 15) is 0 Å². The third kappa shape index (κ3) is 8.28.